The van der Waals surface area contributed by atoms with E-state index < -0.39 is 0 Å². The second-order valence-electron chi connectivity index (χ2n) is 4.80. The molecule has 1 saturated carbocycles. The van der Waals surface area contributed by atoms with Gasteiger partial charge in [-0.25, -0.2) is 0 Å². The van der Waals surface area contributed by atoms with E-state index in [1.54, 1.807) is 0 Å². The van der Waals surface area contributed by atoms with Crippen LogP contribution in [0.25, 0.3) is 0 Å². The van der Waals surface area contributed by atoms with Gasteiger partial charge in [0.15, 0.2) is 0 Å². The van der Waals surface area contributed by atoms with E-state index in [0.29, 0.717) is 10.8 Å². The maximum Gasteiger partial charge on any atom is -0.00465 e. The molecule has 13 heavy (non-hydrogen) atoms. The summed E-state index contributed by atoms with van der Waals surface area (Å²) >= 11 is 0. The van der Waals surface area contributed by atoms with E-state index in [1.807, 2.05) is 20.9 Å². The van der Waals surface area contributed by atoms with Crippen molar-refractivity contribution in [2.45, 2.75) is 53.9 Å². The Balaban J connectivity index is 0.000000671. The van der Waals surface area contributed by atoms with E-state index in [0.717, 1.165) is 0 Å². The minimum absolute atomic E-state index is 0.587. The molecular weight excluding hydrogens is 158 g/mol. The first kappa shape index (κ1) is 13.0. The molecule has 1 nitrogen and oxygen atoms in total. The van der Waals surface area contributed by atoms with Crippen LogP contribution in [0.4, 0.5) is 0 Å². The van der Waals surface area contributed by atoms with Crippen molar-refractivity contribution in [2.75, 3.05) is 13.6 Å². The quantitative estimate of drug-likeness (QED) is 0.710. The largest absolute Gasteiger partial charge is 0.320 e. The van der Waals surface area contributed by atoms with Crippen LogP contribution in [0.2, 0.25) is 0 Å². The van der Waals surface area contributed by atoms with Crippen LogP contribution in [-0.2, 0) is 0 Å². The third-order valence-electron chi connectivity index (χ3n) is 3.86. The Morgan fingerprint density at radius 3 is 1.85 bits per heavy atom. The predicted molar refractivity (Wildman–Crippen MR) is 61.0 cm³/mol. The van der Waals surface area contributed by atoms with E-state index in [2.05, 4.69) is 26.1 Å². The molecule has 0 spiro atoms. The van der Waals surface area contributed by atoms with Crippen molar-refractivity contribution in [3.05, 3.63) is 0 Å². The minimum atomic E-state index is 0.587. The monoisotopic (exact) mass is 185 g/mol. The minimum Gasteiger partial charge on any atom is -0.320 e. The molecule has 0 radical (unpaired) electrons. The first-order valence-electron chi connectivity index (χ1n) is 5.66. The Kier molecular flexibility index (Phi) is 4.98. The van der Waals surface area contributed by atoms with Gasteiger partial charge in [-0.3, -0.25) is 0 Å². The van der Waals surface area contributed by atoms with Crippen LogP contribution < -0.4 is 5.32 Å². The highest BCUT2D eigenvalue weighted by atomic mass is 14.8. The zero-order valence-electron chi connectivity index (χ0n) is 10.3. The van der Waals surface area contributed by atoms with Gasteiger partial charge >= 0.3 is 0 Å². The summed E-state index contributed by atoms with van der Waals surface area (Å²) in [5.41, 5.74) is 1.19. The first-order valence-corrected chi connectivity index (χ1v) is 5.66. The molecule has 1 aliphatic carbocycles. The topological polar surface area (TPSA) is 12.0 Å². The Labute approximate surface area is 84.3 Å². The van der Waals surface area contributed by atoms with Crippen LogP contribution in [0.15, 0.2) is 0 Å². The maximum atomic E-state index is 3.23. The lowest BCUT2D eigenvalue weighted by molar-refractivity contribution is -0.0406. The van der Waals surface area contributed by atoms with Crippen LogP contribution in [-0.4, -0.2) is 13.6 Å². The molecule has 0 saturated heterocycles. The lowest BCUT2D eigenvalue weighted by Crippen LogP contribution is -2.46. The zero-order chi connectivity index (χ0) is 10.5. The Morgan fingerprint density at radius 1 is 1.08 bits per heavy atom. The average molecular weight is 185 g/mol. The van der Waals surface area contributed by atoms with Crippen molar-refractivity contribution in [3.8, 4) is 0 Å². The fourth-order valence-corrected chi connectivity index (χ4v) is 1.92. The Bertz CT molecular complexity index is 140. The van der Waals surface area contributed by atoms with Gasteiger partial charge in [-0.1, -0.05) is 34.6 Å². The molecule has 1 aliphatic rings. The summed E-state index contributed by atoms with van der Waals surface area (Å²) < 4.78 is 0. The lowest BCUT2D eigenvalue weighted by Gasteiger charge is -2.55. The molecule has 0 aromatic heterocycles. The van der Waals surface area contributed by atoms with Crippen LogP contribution in [0.5, 0.6) is 0 Å². The summed E-state index contributed by atoms with van der Waals surface area (Å²) in [6.45, 7) is 12.4. The lowest BCUT2D eigenvalue weighted by atomic mass is 9.51. The molecule has 1 rings (SSSR count). The van der Waals surface area contributed by atoms with E-state index >= 15 is 0 Å². The maximum absolute atomic E-state index is 3.23. The fraction of sp³-hybridized carbons (Fsp3) is 1.00. The Hall–Kier alpha value is -0.0400. The summed E-state index contributed by atoms with van der Waals surface area (Å²) in [5, 5.41) is 3.23. The molecular formula is C12H27N. The number of hydrogen-bond donors (Lipinski definition) is 1. The van der Waals surface area contributed by atoms with Gasteiger partial charge in [-0.15, -0.1) is 0 Å². The molecule has 0 amide bonds. The van der Waals surface area contributed by atoms with Crippen LogP contribution >= 0.6 is 0 Å². The van der Waals surface area contributed by atoms with Crippen LogP contribution in [0.1, 0.15) is 53.9 Å². The second kappa shape index (κ2) is 4.99. The molecule has 1 heteroatoms. The van der Waals surface area contributed by atoms with Gasteiger partial charge < -0.3 is 5.32 Å². The number of hydrogen-bond acceptors (Lipinski definition) is 1. The highest BCUT2D eigenvalue weighted by molar-refractivity contribution is 4.98. The average Bonchev–Trinajstić information content (AvgIpc) is 2.15. The summed E-state index contributed by atoms with van der Waals surface area (Å²) in [4.78, 5) is 0. The van der Waals surface area contributed by atoms with Gasteiger partial charge in [-0.2, -0.15) is 0 Å². The summed E-state index contributed by atoms with van der Waals surface area (Å²) in [6.07, 6.45) is 4.16. The first-order chi connectivity index (χ1) is 6.02. The highest BCUT2D eigenvalue weighted by Gasteiger charge is 2.48. The van der Waals surface area contributed by atoms with E-state index in [4.69, 9.17) is 0 Å². The van der Waals surface area contributed by atoms with Crippen molar-refractivity contribution in [1.29, 1.82) is 0 Å². The highest BCUT2D eigenvalue weighted by Crippen LogP contribution is 2.57. The zero-order valence-corrected chi connectivity index (χ0v) is 10.3. The molecule has 0 aromatic carbocycles. The molecule has 1 unspecified atom stereocenters. The van der Waals surface area contributed by atoms with E-state index in [-0.39, 0.29) is 0 Å². The second-order valence-corrected chi connectivity index (χ2v) is 4.80. The van der Waals surface area contributed by atoms with Gasteiger partial charge in [0.05, 0.1) is 0 Å². The van der Waals surface area contributed by atoms with Gasteiger partial charge in [0.2, 0.25) is 0 Å². The van der Waals surface area contributed by atoms with Gasteiger partial charge in [0, 0.05) is 0 Å². The summed E-state index contributed by atoms with van der Waals surface area (Å²) in [6, 6.07) is 0. The molecule has 0 aliphatic heterocycles. The van der Waals surface area contributed by atoms with Crippen molar-refractivity contribution in [2.24, 2.45) is 10.8 Å². The fourth-order valence-electron chi connectivity index (χ4n) is 1.92. The van der Waals surface area contributed by atoms with Crippen molar-refractivity contribution >= 4 is 0 Å². The van der Waals surface area contributed by atoms with Gasteiger partial charge in [0.1, 0.15) is 0 Å². The van der Waals surface area contributed by atoms with Crippen molar-refractivity contribution in [3.63, 3.8) is 0 Å². The van der Waals surface area contributed by atoms with Crippen molar-refractivity contribution < 1.29 is 0 Å². The number of rotatable bonds is 3. The van der Waals surface area contributed by atoms with E-state index in [1.165, 1.54) is 25.8 Å². The van der Waals surface area contributed by atoms with Crippen LogP contribution in [0.3, 0.4) is 0 Å². The van der Waals surface area contributed by atoms with Gasteiger partial charge in [-0.05, 0) is 43.7 Å². The molecule has 1 fully saturated rings. The molecule has 80 valence electrons. The molecule has 1 atom stereocenters. The standard InChI is InChI=1S/C10H21N.C2H6/c1-9(2)5-6-10(9,3)7-8-11-4;1-2/h11H,5-8H2,1-4H3;1-2H3. The van der Waals surface area contributed by atoms with Gasteiger partial charge in [0.25, 0.3) is 0 Å². The molecule has 0 heterocycles. The summed E-state index contributed by atoms with van der Waals surface area (Å²) in [7, 11) is 2.04. The SMILES string of the molecule is CC.CNCCC1(C)CCC1(C)C. The Morgan fingerprint density at radius 2 is 1.62 bits per heavy atom. The smallest absolute Gasteiger partial charge is 0.00465 e. The van der Waals surface area contributed by atoms with E-state index in [9.17, 15) is 0 Å². The molecule has 0 bridgehead atoms. The molecule has 0 aromatic rings. The predicted octanol–water partition coefficient (Wildman–Crippen LogP) is 3.45. The third-order valence-corrected chi connectivity index (χ3v) is 3.86. The molecule has 1 N–H and O–H groups in total. The van der Waals surface area contributed by atoms with Crippen molar-refractivity contribution in [1.82, 2.24) is 5.32 Å². The third kappa shape index (κ3) is 2.70. The summed E-state index contributed by atoms with van der Waals surface area (Å²) in [5.74, 6) is 0. The van der Waals surface area contributed by atoms with Crippen LogP contribution in [0, 0.1) is 10.8 Å². The normalized spacial score (nSPS) is 30.0. The number of nitrogens with one attached hydrogen (secondary N) is 1.